The molecule has 0 aromatic carbocycles. The van der Waals surface area contributed by atoms with Crippen LogP contribution < -0.4 is 10.6 Å². The molecule has 2 aliphatic rings. The Morgan fingerprint density at radius 2 is 1.81 bits per heavy atom. The first kappa shape index (κ1) is 23.5. The monoisotopic (exact) mass is 418 g/mol. The van der Waals surface area contributed by atoms with Crippen LogP contribution in [0.4, 0.5) is 0 Å². The van der Waals surface area contributed by atoms with E-state index in [1.54, 1.807) is 6.08 Å². The lowest BCUT2D eigenvalue weighted by atomic mass is 9.86. The van der Waals surface area contributed by atoms with Gasteiger partial charge in [0.05, 0.1) is 17.9 Å². The first-order valence-corrected chi connectivity index (χ1v) is 9.07. The molecule has 1 aromatic heterocycles. The average Bonchev–Trinajstić information content (AvgIpc) is 3.10. The van der Waals surface area contributed by atoms with E-state index >= 15 is 0 Å². The molecule has 152 valence electrons. The summed E-state index contributed by atoms with van der Waals surface area (Å²) in [4.78, 5) is 27.3. The summed E-state index contributed by atoms with van der Waals surface area (Å²) >= 11 is 0. The van der Waals surface area contributed by atoms with Crippen LogP contribution in [0.1, 0.15) is 50.3 Å². The molecule has 1 aliphatic carbocycles. The van der Waals surface area contributed by atoms with Crippen molar-refractivity contribution in [3.05, 3.63) is 24.3 Å². The molecule has 1 saturated carbocycles. The van der Waals surface area contributed by atoms with Gasteiger partial charge in [-0.25, -0.2) is 4.98 Å². The van der Waals surface area contributed by atoms with Gasteiger partial charge in [0, 0.05) is 24.4 Å². The molecule has 7 nitrogen and oxygen atoms in total. The molecule has 1 amide bonds. The Labute approximate surface area is 171 Å². The zero-order valence-electron chi connectivity index (χ0n) is 15.2. The number of aliphatic carboxylic acids is 1. The van der Waals surface area contributed by atoms with Crippen molar-refractivity contribution in [2.24, 2.45) is 5.92 Å². The highest BCUT2D eigenvalue weighted by atomic mass is 35.5. The van der Waals surface area contributed by atoms with E-state index in [9.17, 15) is 9.59 Å². The van der Waals surface area contributed by atoms with Crippen LogP contribution in [0.2, 0.25) is 0 Å². The molecule has 3 N–H and O–H groups in total. The highest BCUT2D eigenvalue weighted by molar-refractivity contribution is 5.91. The van der Waals surface area contributed by atoms with Gasteiger partial charge in [0.15, 0.2) is 0 Å². The molecule has 2 fully saturated rings. The molecule has 0 bridgehead atoms. The number of carboxylic acid groups (broad SMARTS) is 1. The molecule has 0 radical (unpaired) electrons. The normalized spacial score (nSPS) is 23.3. The fraction of sp³-hybridized carbons (Fsp3) is 0.611. The van der Waals surface area contributed by atoms with E-state index in [4.69, 9.17) is 5.11 Å². The minimum absolute atomic E-state index is 0. The molecular formula is C18H28Cl2N4O3. The van der Waals surface area contributed by atoms with Gasteiger partial charge in [0.2, 0.25) is 5.91 Å². The van der Waals surface area contributed by atoms with Crippen LogP contribution in [0.5, 0.6) is 0 Å². The highest BCUT2D eigenvalue weighted by Gasteiger charge is 2.26. The number of halogens is 2. The average molecular weight is 419 g/mol. The Balaban J connectivity index is 0.00000182. The quantitative estimate of drug-likeness (QED) is 0.637. The second-order valence-electron chi connectivity index (χ2n) is 6.96. The Kier molecular flexibility index (Phi) is 9.83. The number of carboxylic acids is 1. The first-order valence-electron chi connectivity index (χ1n) is 9.07. The van der Waals surface area contributed by atoms with Gasteiger partial charge in [-0.1, -0.05) is 0 Å². The first-order chi connectivity index (χ1) is 12.1. The van der Waals surface area contributed by atoms with Crippen LogP contribution in [-0.2, 0) is 9.59 Å². The third-order valence-electron chi connectivity index (χ3n) is 5.18. The number of imidazole rings is 1. The van der Waals surface area contributed by atoms with Gasteiger partial charge in [0.1, 0.15) is 0 Å². The van der Waals surface area contributed by atoms with E-state index in [0.29, 0.717) is 18.9 Å². The number of nitrogens with zero attached hydrogens (tertiary/aromatic N) is 2. The minimum atomic E-state index is -0.728. The fourth-order valence-corrected chi connectivity index (χ4v) is 3.64. The van der Waals surface area contributed by atoms with Gasteiger partial charge in [-0.15, -0.1) is 24.8 Å². The number of amides is 1. The number of nitrogens with one attached hydrogen (secondary N) is 2. The molecule has 0 spiro atoms. The van der Waals surface area contributed by atoms with Crippen molar-refractivity contribution in [2.45, 2.75) is 50.6 Å². The summed E-state index contributed by atoms with van der Waals surface area (Å²) in [5, 5.41) is 15.3. The Morgan fingerprint density at radius 1 is 1.15 bits per heavy atom. The summed E-state index contributed by atoms with van der Waals surface area (Å²) < 4.78 is 2.13. The number of hydrogen-bond acceptors (Lipinski definition) is 4. The van der Waals surface area contributed by atoms with Crippen LogP contribution in [0.25, 0.3) is 6.08 Å². The van der Waals surface area contributed by atoms with Crippen molar-refractivity contribution in [1.82, 2.24) is 20.2 Å². The maximum atomic E-state index is 12.1. The zero-order valence-corrected chi connectivity index (χ0v) is 16.8. The molecule has 27 heavy (non-hydrogen) atoms. The maximum absolute atomic E-state index is 12.1. The number of piperidine rings is 1. The molecule has 0 unspecified atom stereocenters. The maximum Gasteiger partial charge on any atom is 0.306 e. The molecule has 2 heterocycles. The number of carbonyl (C=O) groups excluding carboxylic acids is 1. The molecule has 0 atom stereocenters. The van der Waals surface area contributed by atoms with Gasteiger partial charge in [-0.3, -0.25) is 9.59 Å². The summed E-state index contributed by atoms with van der Waals surface area (Å²) in [6, 6.07) is 0.550. The van der Waals surface area contributed by atoms with Crippen LogP contribution in [-0.4, -0.2) is 45.7 Å². The lowest BCUT2D eigenvalue weighted by Gasteiger charge is -2.26. The van der Waals surface area contributed by atoms with Gasteiger partial charge in [-0.05, 0) is 57.7 Å². The number of carbonyl (C=O) groups is 2. The van der Waals surface area contributed by atoms with Crippen molar-refractivity contribution >= 4 is 42.8 Å². The summed E-state index contributed by atoms with van der Waals surface area (Å²) in [5.74, 6) is -1.13. The minimum Gasteiger partial charge on any atom is -0.481 e. The van der Waals surface area contributed by atoms with Gasteiger partial charge < -0.3 is 20.3 Å². The number of aromatic nitrogens is 2. The molecule has 3 rings (SSSR count). The fourth-order valence-electron chi connectivity index (χ4n) is 3.64. The standard InChI is InChI=1S/C18H26N4O3.2ClH/c23-17(21-14-3-1-13(2-4-14)18(24)25)6-5-15-11-22(12-20-15)16-7-9-19-10-8-16;;/h5-6,11-14,16,19H,1-4,7-10H2,(H,21,23)(H,24,25);2*1H/t13-,14-;;. The third kappa shape index (κ3) is 6.83. The van der Waals surface area contributed by atoms with E-state index in [0.717, 1.165) is 44.5 Å². The lowest BCUT2D eigenvalue weighted by molar-refractivity contribution is -0.142. The van der Waals surface area contributed by atoms with E-state index in [1.165, 1.54) is 6.08 Å². The highest BCUT2D eigenvalue weighted by Crippen LogP contribution is 2.24. The molecule has 1 aromatic rings. The van der Waals surface area contributed by atoms with Crippen LogP contribution >= 0.6 is 24.8 Å². The van der Waals surface area contributed by atoms with Crippen LogP contribution in [0.3, 0.4) is 0 Å². The van der Waals surface area contributed by atoms with Crippen molar-refractivity contribution < 1.29 is 14.7 Å². The van der Waals surface area contributed by atoms with Crippen molar-refractivity contribution in [3.8, 4) is 0 Å². The van der Waals surface area contributed by atoms with Gasteiger partial charge >= 0.3 is 5.97 Å². The summed E-state index contributed by atoms with van der Waals surface area (Å²) in [6.45, 7) is 2.06. The predicted molar refractivity (Wildman–Crippen MR) is 108 cm³/mol. The van der Waals surface area contributed by atoms with Crippen molar-refractivity contribution in [2.75, 3.05) is 13.1 Å². The van der Waals surface area contributed by atoms with E-state index in [2.05, 4.69) is 20.2 Å². The Morgan fingerprint density at radius 3 is 2.44 bits per heavy atom. The summed E-state index contributed by atoms with van der Waals surface area (Å²) in [6.07, 6.45) is 12.0. The molecular weight excluding hydrogens is 391 g/mol. The van der Waals surface area contributed by atoms with Crippen LogP contribution in [0, 0.1) is 5.92 Å². The Bertz CT molecular complexity index is 636. The summed E-state index contributed by atoms with van der Waals surface area (Å²) in [5.41, 5.74) is 0.781. The largest absolute Gasteiger partial charge is 0.481 e. The SMILES string of the molecule is Cl.Cl.O=C(C=Cc1cn(C2CCNCC2)cn1)N[C@H]1CC[C@H](C(=O)O)CC1. The van der Waals surface area contributed by atoms with Gasteiger partial charge in [-0.2, -0.15) is 0 Å². The second-order valence-corrected chi connectivity index (χ2v) is 6.96. The van der Waals surface area contributed by atoms with E-state index < -0.39 is 5.97 Å². The molecule has 9 heteroatoms. The van der Waals surface area contributed by atoms with Gasteiger partial charge in [0.25, 0.3) is 0 Å². The smallest absolute Gasteiger partial charge is 0.306 e. The van der Waals surface area contributed by atoms with E-state index in [-0.39, 0.29) is 42.7 Å². The summed E-state index contributed by atoms with van der Waals surface area (Å²) in [7, 11) is 0. The van der Waals surface area contributed by atoms with Crippen molar-refractivity contribution in [3.63, 3.8) is 0 Å². The topological polar surface area (TPSA) is 96.3 Å². The third-order valence-corrected chi connectivity index (χ3v) is 5.18. The lowest BCUT2D eigenvalue weighted by Crippen LogP contribution is -2.37. The number of hydrogen-bond donors (Lipinski definition) is 3. The number of rotatable bonds is 5. The van der Waals surface area contributed by atoms with Crippen molar-refractivity contribution in [1.29, 1.82) is 0 Å². The molecule has 1 saturated heterocycles. The predicted octanol–water partition coefficient (Wildman–Crippen LogP) is 2.42. The second kappa shape index (κ2) is 11.3. The Hall–Kier alpha value is -1.57. The zero-order chi connectivity index (χ0) is 17.6. The molecule has 1 aliphatic heterocycles. The van der Waals surface area contributed by atoms with E-state index in [1.807, 2.05) is 12.5 Å². The van der Waals surface area contributed by atoms with Crippen LogP contribution in [0.15, 0.2) is 18.6 Å².